The summed E-state index contributed by atoms with van der Waals surface area (Å²) in [6.45, 7) is 7.06. The number of nitrogens with zero attached hydrogens (tertiary/aromatic N) is 1. The van der Waals surface area contributed by atoms with E-state index in [4.69, 9.17) is 0 Å². The number of hydrogen-bond donors (Lipinski definition) is 1. The average molecular weight is 249 g/mol. The third-order valence-corrected chi connectivity index (χ3v) is 3.89. The molecule has 1 aromatic carbocycles. The van der Waals surface area contributed by atoms with Crippen LogP contribution in [-0.4, -0.2) is 18.2 Å². The number of benzene rings is 1. The van der Waals surface area contributed by atoms with E-state index >= 15 is 0 Å². The van der Waals surface area contributed by atoms with E-state index in [1.165, 1.54) is 16.7 Å². The van der Waals surface area contributed by atoms with Crippen molar-refractivity contribution in [2.24, 2.45) is 5.92 Å². The highest BCUT2D eigenvalue weighted by Crippen LogP contribution is 2.31. The van der Waals surface area contributed by atoms with E-state index in [0.717, 1.165) is 18.0 Å². The summed E-state index contributed by atoms with van der Waals surface area (Å²) in [4.78, 5) is 14.0. The molecule has 1 aliphatic heterocycles. The minimum absolute atomic E-state index is 0.235. The summed E-state index contributed by atoms with van der Waals surface area (Å²) in [5, 5.41) is 0. The minimum atomic E-state index is 0.235. The van der Waals surface area contributed by atoms with Gasteiger partial charge in [0.1, 0.15) is 0 Å². The lowest BCUT2D eigenvalue weighted by molar-refractivity contribution is -0.117. The van der Waals surface area contributed by atoms with Crippen LogP contribution in [0.2, 0.25) is 0 Å². The van der Waals surface area contributed by atoms with Gasteiger partial charge < -0.3 is 4.90 Å². The molecule has 1 aromatic rings. The van der Waals surface area contributed by atoms with Crippen molar-refractivity contribution in [1.82, 2.24) is 0 Å². The largest absolute Gasteiger partial charge is 0.312 e. The smallest absolute Gasteiger partial charge is 0.227 e. The molecule has 92 valence electrons. The first-order chi connectivity index (χ1) is 8.02. The lowest BCUT2D eigenvalue weighted by atomic mass is 10.0. The van der Waals surface area contributed by atoms with Crippen molar-refractivity contribution in [3.05, 3.63) is 28.8 Å². The van der Waals surface area contributed by atoms with Gasteiger partial charge >= 0.3 is 0 Å². The van der Waals surface area contributed by atoms with Crippen LogP contribution in [0, 0.1) is 26.7 Å². The number of amides is 1. The molecule has 1 fully saturated rings. The second-order valence-corrected chi connectivity index (χ2v) is 5.37. The van der Waals surface area contributed by atoms with Crippen LogP contribution in [-0.2, 0) is 4.79 Å². The number of carbonyl (C=O) groups is 1. The van der Waals surface area contributed by atoms with Gasteiger partial charge in [-0.3, -0.25) is 4.79 Å². The molecule has 1 heterocycles. The van der Waals surface area contributed by atoms with E-state index in [0.29, 0.717) is 12.3 Å². The van der Waals surface area contributed by atoms with E-state index < -0.39 is 0 Å². The summed E-state index contributed by atoms with van der Waals surface area (Å²) < 4.78 is 0. The molecule has 2 nitrogen and oxygen atoms in total. The molecule has 1 atom stereocenters. The summed E-state index contributed by atoms with van der Waals surface area (Å²) in [6.07, 6.45) is 0.635. The van der Waals surface area contributed by atoms with Crippen molar-refractivity contribution in [2.75, 3.05) is 17.2 Å². The van der Waals surface area contributed by atoms with Crippen LogP contribution in [0.5, 0.6) is 0 Å². The minimum Gasteiger partial charge on any atom is -0.312 e. The molecule has 0 aliphatic carbocycles. The molecule has 0 radical (unpaired) electrons. The number of carbonyl (C=O) groups excluding carboxylic acids is 1. The van der Waals surface area contributed by atoms with Gasteiger partial charge in [-0.1, -0.05) is 17.7 Å². The molecule has 0 bridgehead atoms. The highest BCUT2D eigenvalue weighted by molar-refractivity contribution is 7.80. The van der Waals surface area contributed by atoms with Crippen LogP contribution in [0.3, 0.4) is 0 Å². The van der Waals surface area contributed by atoms with Gasteiger partial charge in [-0.2, -0.15) is 12.6 Å². The first kappa shape index (κ1) is 12.5. The lowest BCUT2D eigenvalue weighted by Crippen LogP contribution is -2.26. The third kappa shape index (κ3) is 2.34. The highest BCUT2D eigenvalue weighted by atomic mass is 32.1. The van der Waals surface area contributed by atoms with Crippen LogP contribution in [0.1, 0.15) is 23.1 Å². The van der Waals surface area contributed by atoms with E-state index in [9.17, 15) is 4.79 Å². The Bertz CT molecular complexity index is 433. The maximum absolute atomic E-state index is 12.0. The molecule has 0 aromatic heterocycles. The number of rotatable bonds is 2. The second-order valence-electron chi connectivity index (χ2n) is 5.00. The predicted molar refractivity (Wildman–Crippen MR) is 75.0 cm³/mol. The molecule has 1 saturated heterocycles. The Labute approximate surface area is 108 Å². The van der Waals surface area contributed by atoms with Crippen molar-refractivity contribution in [3.63, 3.8) is 0 Å². The Morgan fingerprint density at radius 1 is 1.29 bits per heavy atom. The lowest BCUT2D eigenvalue weighted by Gasteiger charge is -2.22. The fraction of sp³-hybridized carbons (Fsp3) is 0.500. The molecular formula is C14H19NOS. The standard InChI is InChI=1S/C14H19NOS/c1-9-4-10(2)14(11(3)5-9)15-7-12(8-17)6-13(15)16/h4-5,12,17H,6-8H2,1-3H3. The van der Waals surface area contributed by atoms with E-state index in [1.54, 1.807) is 0 Å². The van der Waals surface area contributed by atoms with Crippen LogP contribution in [0.25, 0.3) is 0 Å². The molecular weight excluding hydrogens is 230 g/mol. The third-order valence-electron chi connectivity index (χ3n) is 3.37. The van der Waals surface area contributed by atoms with Crippen molar-refractivity contribution in [2.45, 2.75) is 27.2 Å². The van der Waals surface area contributed by atoms with E-state index in [-0.39, 0.29) is 5.91 Å². The summed E-state index contributed by atoms with van der Waals surface area (Å²) in [5.74, 6) is 1.41. The highest BCUT2D eigenvalue weighted by Gasteiger charge is 2.31. The molecule has 17 heavy (non-hydrogen) atoms. The van der Waals surface area contributed by atoms with Gasteiger partial charge in [0.15, 0.2) is 0 Å². The van der Waals surface area contributed by atoms with Gasteiger partial charge in [-0.05, 0) is 43.6 Å². The van der Waals surface area contributed by atoms with Crippen LogP contribution in [0.15, 0.2) is 12.1 Å². The molecule has 0 N–H and O–H groups in total. The zero-order valence-electron chi connectivity index (χ0n) is 10.7. The number of hydrogen-bond acceptors (Lipinski definition) is 2. The van der Waals surface area contributed by atoms with Gasteiger partial charge in [-0.15, -0.1) is 0 Å². The summed E-state index contributed by atoms with van der Waals surface area (Å²) in [5.41, 5.74) is 4.73. The van der Waals surface area contributed by atoms with Crippen LogP contribution < -0.4 is 4.90 Å². The van der Waals surface area contributed by atoms with Gasteiger partial charge in [0.05, 0.1) is 0 Å². The molecule has 3 heteroatoms. The Morgan fingerprint density at radius 3 is 2.35 bits per heavy atom. The Kier molecular flexibility index (Phi) is 3.48. The zero-order valence-corrected chi connectivity index (χ0v) is 11.6. The average Bonchev–Trinajstić information content (AvgIpc) is 2.59. The Morgan fingerprint density at radius 2 is 1.88 bits per heavy atom. The number of thiol groups is 1. The van der Waals surface area contributed by atoms with Crippen molar-refractivity contribution in [1.29, 1.82) is 0 Å². The van der Waals surface area contributed by atoms with Gasteiger partial charge in [-0.25, -0.2) is 0 Å². The zero-order chi connectivity index (χ0) is 12.6. The van der Waals surface area contributed by atoms with Crippen LogP contribution in [0.4, 0.5) is 5.69 Å². The predicted octanol–water partition coefficient (Wildman–Crippen LogP) is 2.89. The van der Waals surface area contributed by atoms with Crippen LogP contribution >= 0.6 is 12.6 Å². The first-order valence-corrected chi connectivity index (χ1v) is 6.65. The van der Waals surface area contributed by atoms with Gasteiger partial charge in [0.25, 0.3) is 0 Å². The normalized spacial score (nSPS) is 20.1. The van der Waals surface area contributed by atoms with Gasteiger partial charge in [0.2, 0.25) is 5.91 Å². The molecule has 0 spiro atoms. The van der Waals surface area contributed by atoms with E-state index in [2.05, 4.69) is 45.5 Å². The molecule has 1 unspecified atom stereocenters. The Hall–Kier alpha value is -0.960. The summed E-state index contributed by atoms with van der Waals surface area (Å²) >= 11 is 4.30. The number of anilines is 1. The molecule has 1 aliphatic rings. The maximum atomic E-state index is 12.0. The first-order valence-electron chi connectivity index (χ1n) is 6.02. The topological polar surface area (TPSA) is 20.3 Å². The van der Waals surface area contributed by atoms with Crippen molar-refractivity contribution in [3.8, 4) is 0 Å². The van der Waals surface area contributed by atoms with Crippen molar-refractivity contribution >= 4 is 24.2 Å². The summed E-state index contributed by atoms with van der Waals surface area (Å²) in [7, 11) is 0. The van der Waals surface area contributed by atoms with Gasteiger partial charge in [0, 0.05) is 18.7 Å². The quantitative estimate of drug-likeness (QED) is 0.799. The second kappa shape index (κ2) is 4.73. The monoisotopic (exact) mass is 249 g/mol. The van der Waals surface area contributed by atoms with E-state index in [1.807, 2.05) is 4.90 Å². The van der Waals surface area contributed by atoms with Crippen molar-refractivity contribution < 1.29 is 4.79 Å². The molecule has 0 saturated carbocycles. The SMILES string of the molecule is Cc1cc(C)c(N2CC(CS)CC2=O)c(C)c1. The maximum Gasteiger partial charge on any atom is 0.227 e. The molecule has 2 rings (SSSR count). The number of aryl methyl sites for hydroxylation is 3. The summed E-state index contributed by atoms with van der Waals surface area (Å²) in [6, 6.07) is 4.28. The fourth-order valence-electron chi connectivity index (χ4n) is 2.72. The molecule has 1 amide bonds. The fourth-order valence-corrected chi connectivity index (χ4v) is 2.96. The Balaban J connectivity index is 2.38.